The average Bonchev–Trinajstić information content (AvgIpc) is 3.31. The monoisotopic (exact) mass is 627 g/mol. The second-order valence-electron chi connectivity index (χ2n) is 9.84. The van der Waals surface area contributed by atoms with Gasteiger partial charge in [-0.1, -0.05) is 17.3 Å². The summed E-state index contributed by atoms with van der Waals surface area (Å²) in [4.78, 5) is 7.63. The molecule has 10 nitrogen and oxygen atoms in total. The third-order valence-corrected chi connectivity index (χ3v) is 8.67. The summed E-state index contributed by atoms with van der Waals surface area (Å²) in [6.07, 6.45) is -9.51. The summed E-state index contributed by atoms with van der Waals surface area (Å²) >= 11 is 0. The van der Waals surface area contributed by atoms with Crippen LogP contribution in [0, 0.1) is 0 Å². The minimum atomic E-state index is -5.00. The van der Waals surface area contributed by atoms with E-state index in [2.05, 4.69) is 25.2 Å². The highest BCUT2D eigenvalue weighted by Crippen LogP contribution is 2.45. The summed E-state index contributed by atoms with van der Waals surface area (Å²) in [5.74, 6) is -0.923. The zero-order valence-corrected chi connectivity index (χ0v) is 22.3. The number of alkyl halides is 6. The zero-order valence-electron chi connectivity index (χ0n) is 21.5. The van der Waals surface area contributed by atoms with E-state index in [0.29, 0.717) is 18.9 Å². The number of pyridine rings is 1. The summed E-state index contributed by atoms with van der Waals surface area (Å²) in [6.45, 7) is -0.514. The van der Waals surface area contributed by atoms with Crippen LogP contribution in [0.1, 0.15) is 35.9 Å². The first-order valence-corrected chi connectivity index (χ1v) is 14.0. The predicted molar refractivity (Wildman–Crippen MR) is 137 cm³/mol. The van der Waals surface area contributed by atoms with Crippen molar-refractivity contribution < 1.29 is 49.1 Å². The van der Waals surface area contributed by atoms with Crippen LogP contribution in [0.2, 0.25) is 0 Å². The minimum absolute atomic E-state index is 0.0286. The van der Waals surface area contributed by atoms with Crippen molar-refractivity contribution in [1.82, 2.24) is 15.1 Å². The molecule has 0 bridgehead atoms. The van der Waals surface area contributed by atoms with Crippen LogP contribution >= 0.6 is 0 Å². The van der Waals surface area contributed by atoms with Crippen molar-refractivity contribution in [3.05, 3.63) is 71.7 Å². The van der Waals surface area contributed by atoms with Gasteiger partial charge in [-0.3, -0.25) is 4.31 Å². The molecule has 17 heteroatoms. The van der Waals surface area contributed by atoms with Gasteiger partial charge in [-0.25, -0.2) is 13.4 Å². The van der Waals surface area contributed by atoms with Gasteiger partial charge in [0.1, 0.15) is 17.3 Å². The standard InChI is InChI=1S/C26H19F6N5O5S/c27-25(28,29)20-9-4-13-12-37(43(39,40)17-7-5-16(6-8-17)41-26(30,31)32)21-18(2-1-3-19(21)33-22(13)34-20)23-35-24(42-36-23)14-10-15(38)11-14/h1-9,14-15,38H,10-12H2,(H,33,34). The van der Waals surface area contributed by atoms with Gasteiger partial charge in [0.25, 0.3) is 10.0 Å². The maximum absolute atomic E-state index is 14.1. The molecular weight excluding hydrogens is 608 g/mol. The van der Waals surface area contributed by atoms with Crippen LogP contribution in [0.5, 0.6) is 5.75 Å². The van der Waals surface area contributed by atoms with Gasteiger partial charge in [-0.15, -0.1) is 13.2 Å². The lowest BCUT2D eigenvalue weighted by atomic mass is 9.82. The lowest BCUT2D eigenvalue weighted by molar-refractivity contribution is -0.274. The van der Waals surface area contributed by atoms with Crippen molar-refractivity contribution in [3.8, 4) is 17.1 Å². The van der Waals surface area contributed by atoms with Crippen molar-refractivity contribution in [2.75, 3.05) is 9.62 Å². The fraction of sp³-hybridized carbons (Fsp3) is 0.269. The lowest BCUT2D eigenvalue weighted by Crippen LogP contribution is -2.31. The molecule has 0 saturated heterocycles. The number of para-hydroxylation sites is 1. The number of benzene rings is 2. The second-order valence-corrected chi connectivity index (χ2v) is 11.7. The fourth-order valence-electron chi connectivity index (χ4n) is 4.78. The molecule has 226 valence electrons. The molecule has 2 aromatic carbocycles. The van der Waals surface area contributed by atoms with Gasteiger partial charge >= 0.3 is 12.5 Å². The molecule has 3 heterocycles. The van der Waals surface area contributed by atoms with E-state index in [0.717, 1.165) is 34.6 Å². The van der Waals surface area contributed by atoms with Gasteiger partial charge in [-0.2, -0.15) is 18.2 Å². The zero-order chi connectivity index (χ0) is 30.7. The van der Waals surface area contributed by atoms with Gasteiger partial charge < -0.3 is 19.7 Å². The van der Waals surface area contributed by atoms with Crippen LogP contribution < -0.4 is 14.4 Å². The van der Waals surface area contributed by atoms with Crippen molar-refractivity contribution in [2.24, 2.45) is 0 Å². The summed E-state index contributed by atoms with van der Waals surface area (Å²) in [6, 6.07) is 9.68. The average molecular weight is 628 g/mol. The summed E-state index contributed by atoms with van der Waals surface area (Å²) < 4.78 is 117. The van der Waals surface area contributed by atoms with Gasteiger partial charge in [0.05, 0.1) is 28.9 Å². The molecule has 1 aliphatic carbocycles. The molecule has 6 rings (SSSR count). The number of ether oxygens (including phenoxy) is 1. The number of anilines is 3. The molecule has 0 amide bonds. The van der Waals surface area contributed by atoms with Crippen LogP contribution in [0.3, 0.4) is 0 Å². The maximum atomic E-state index is 14.1. The fourth-order valence-corrected chi connectivity index (χ4v) is 6.26. The van der Waals surface area contributed by atoms with Gasteiger partial charge in [0, 0.05) is 17.0 Å². The van der Waals surface area contributed by atoms with Crippen molar-refractivity contribution in [2.45, 2.75) is 48.8 Å². The number of rotatable bonds is 5. The van der Waals surface area contributed by atoms with E-state index in [4.69, 9.17) is 4.52 Å². The molecule has 2 aromatic heterocycles. The number of sulfonamides is 1. The Labute approximate surface area is 239 Å². The Kier molecular flexibility index (Phi) is 6.76. The summed E-state index contributed by atoms with van der Waals surface area (Å²) in [5, 5.41) is 16.4. The molecule has 1 fully saturated rings. The highest BCUT2D eigenvalue weighted by molar-refractivity contribution is 7.92. The third kappa shape index (κ3) is 5.56. The van der Waals surface area contributed by atoms with Gasteiger partial charge in [0.15, 0.2) is 0 Å². The Bertz CT molecular complexity index is 1790. The van der Waals surface area contributed by atoms with E-state index in [1.807, 2.05) is 0 Å². The number of nitrogens with zero attached hydrogens (tertiary/aromatic N) is 4. The number of aromatic nitrogens is 3. The Morgan fingerprint density at radius 3 is 2.35 bits per heavy atom. The van der Waals surface area contributed by atoms with E-state index in [1.165, 1.54) is 18.2 Å². The lowest BCUT2D eigenvalue weighted by Gasteiger charge is -2.27. The Morgan fingerprint density at radius 2 is 1.70 bits per heavy atom. The highest BCUT2D eigenvalue weighted by Gasteiger charge is 2.38. The number of halogens is 6. The molecule has 0 radical (unpaired) electrons. The van der Waals surface area contributed by atoms with Gasteiger partial charge in [0.2, 0.25) is 11.7 Å². The molecule has 1 aliphatic heterocycles. The number of aliphatic hydroxyl groups excluding tert-OH is 1. The van der Waals surface area contributed by atoms with E-state index >= 15 is 0 Å². The highest BCUT2D eigenvalue weighted by atomic mass is 32.2. The molecule has 2 N–H and O–H groups in total. The van der Waals surface area contributed by atoms with Crippen LogP contribution in [0.25, 0.3) is 11.4 Å². The van der Waals surface area contributed by atoms with E-state index in [1.54, 1.807) is 0 Å². The molecule has 1 saturated carbocycles. The number of nitrogens with one attached hydrogen (secondary N) is 1. The van der Waals surface area contributed by atoms with Crippen molar-refractivity contribution in [1.29, 1.82) is 0 Å². The molecule has 2 aliphatic rings. The topological polar surface area (TPSA) is 131 Å². The maximum Gasteiger partial charge on any atom is 0.573 e. The molecule has 0 spiro atoms. The van der Waals surface area contributed by atoms with Crippen molar-refractivity contribution >= 4 is 27.2 Å². The van der Waals surface area contributed by atoms with Crippen LogP contribution in [-0.2, 0) is 22.7 Å². The SMILES string of the molecule is O=S(=O)(c1ccc(OC(F)(F)F)cc1)N1Cc2ccc(C(F)(F)F)nc2Nc2cccc(-c3noc(C4CC(O)C4)n3)c21. The Morgan fingerprint density at radius 1 is 0.977 bits per heavy atom. The van der Waals surface area contributed by atoms with Crippen molar-refractivity contribution in [3.63, 3.8) is 0 Å². The molecule has 0 unspecified atom stereocenters. The van der Waals surface area contributed by atoms with Gasteiger partial charge in [-0.05, 0) is 55.3 Å². The Hall–Kier alpha value is -4.38. The summed E-state index contributed by atoms with van der Waals surface area (Å²) in [7, 11) is -4.59. The largest absolute Gasteiger partial charge is 0.573 e. The first-order valence-electron chi connectivity index (χ1n) is 12.6. The molecule has 0 atom stereocenters. The van der Waals surface area contributed by atoms with Crippen LogP contribution in [0.15, 0.2) is 64.0 Å². The quantitative estimate of drug-likeness (QED) is 0.266. The van der Waals surface area contributed by atoms with Crippen LogP contribution in [-0.4, -0.2) is 41.1 Å². The molecule has 4 aromatic rings. The summed E-state index contributed by atoms with van der Waals surface area (Å²) in [5.41, 5.74) is -1.03. The second kappa shape index (κ2) is 10.1. The van der Waals surface area contributed by atoms with Crippen LogP contribution in [0.4, 0.5) is 43.5 Å². The predicted octanol–water partition coefficient (Wildman–Crippen LogP) is 5.74. The first-order chi connectivity index (χ1) is 20.2. The minimum Gasteiger partial charge on any atom is -0.406 e. The normalized spacial score (nSPS) is 18.6. The number of aliphatic hydroxyl groups is 1. The van der Waals surface area contributed by atoms with E-state index in [-0.39, 0.29) is 46.0 Å². The number of hydrogen-bond acceptors (Lipinski definition) is 9. The molecular formula is C26H19F6N5O5S. The third-order valence-electron chi connectivity index (χ3n) is 6.91. The smallest absolute Gasteiger partial charge is 0.406 e. The van der Waals surface area contributed by atoms with E-state index in [9.17, 15) is 39.9 Å². The number of fused-ring (bicyclic) bond motifs is 2. The first kappa shape index (κ1) is 28.7. The van der Waals surface area contributed by atoms with E-state index < -0.39 is 51.5 Å². The number of hydrogen-bond donors (Lipinski definition) is 2. The molecule has 43 heavy (non-hydrogen) atoms. The Balaban J connectivity index is 1.48.